The zero-order valence-corrected chi connectivity index (χ0v) is 17.5. The second kappa shape index (κ2) is 8.06. The Labute approximate surface area is 171 Å². The van der Waals surface area contributed by atoms with Gasteiger partial charge in [0.1, 0.15) is 5.76 Å². The van der Waals surface area contributed by atoms with E-state index in [4.69, 9.17) is 4.42 Å². The van der Waals surface area contributed by atoms with Crippen molar-refractivity contribution < 1.29 is 14.0 Å². The number of nitrogens with zero attached hydrogens (tertiary/aromatic N) is 3. The Balaban J connectivity index is 1.37. The van der Waals surface area contributed by atoms with Crippen molar-refractivity contribution in [3.05, 3.63) is 47.2 Å². The van der Waals surface area contributed by atoms with E-state index in [-0.39, 0.29) is 17.9 Å². The van der Waals surface area contributed by atoms with E-state index >= 15 is 0 Å². The Hall–Kier alpha value is -2.54. The average Bonchev–Trinajstić information content (AvgIpc) is 3.30. The minimum atomic E-state index is -0.147. The summed E-state index contributed by atoms with van der Waals surface area (Å²) in [5, 5.41) is 3.07. The van der Waals surface area contributed by atoms with Crippen LogP contribution in [0.5, 0.6) is 0 Å². The van der Waals surface area contributed by atoms with Crippen molar-refractivity contribution >= 4 is 11.8 Å². The maximum absolute atomic E-state index is 13.1. The first-order valence-electron chi connectivity index (χ1n) is 10.5. The summed E-state index contributed by atoms with van der Waals surface area (Å²) in [6, 6.07) is 6.02. The number of hydrogen-bond acceptors (Lipinski definition) is 4. The Morgan fingerprint density at radius 2 is 1.93 bits per heavy atom. The van der Waals surface area contributed by atoms with E-state index in [9.17, 15) is 9.59 Å². The van der Waals surface area contributed by atoms with Crippen LogP contribution in [0.25, 0.3) is 0 Å². The molecule has 0 spiro atoms. The van der Waals surface area contributed by atoms with Crippen molar-refractivity contribution in [1.29, 1.82) is 0 Å². The fourth-order valence-corrected chi connectivity index (χ4v) is 4.02. The van der Waals surface area contributed by atoms with Gasteiger partial charge >= 0.3 is 0 Å². The van der Waals surface area contributed by atoms with Crippen molar-refractivity contribution in [1.82, 2.24) is 19.7 Å². The van der Waals surface area contributed by atoms with Gasteiger partial charge in [-0.15, -0.1) is 0 Å². The monoisotopic (exact) mass is 398 g/mol. The summed E-state index contributed by atoms with van der Waals surface area (Å²) < 4.78 is 7.58. The molecule has 0 aromatic carbocycles. The van der Waals surface area contributed by atoms with Crippen molar-refractivity contribution in [3.63, 3.8) is 0 Å². The van der Waals surface area contributed by atoms with E-state index in [1.54, 1.807) is 6.26 Å². The fraction of sp³-hybridized carbons (Fsp3) is 0.545. The molecule has 1 saturated heterocycles. The van der Waals surface area contributed by atoms with Crippen LogP contribution in [0.15, 0.2) is 28.9 Å². The van der Waals surface area contributed by atoms with Gasteiger partial charge < -0.3 is 19.2 Å². The normalized spacial score (nSPS) is 18.7. The Kier molecular flexibility index (Phi) is 5.50. The molecular formula is C22H30N4O3. The molecule has 1 aliphatic heterocycles. The van der Waals surface area contributed by atoms with Gasteiger partial charge in [-0.05, 0) is 51.8 Å². The largest absolute Gasteiger partial charge is 0.467 e. The smallest absolute Gasteiger partial charge is 0.255 e. The van der Waals surface area contributed by atoms with Crippen molar-refractivity contribution in [2.24, 2.45) is 0 Å². The van der Waals surface area contributed by atoms with Gasteiger partial charge in [0.15, 0.2) is 0 Å². The van der Waals surface area contributed by atoms with Crippen molar-refractivity contribution in [3.8, 4) is 0 Å². The molecule has 1 unspecified atom stereocenters. The standard InChI is InChI=1S/C22H30N4O3/c1-15-13-20(16(2)26(15)14-19-5-4-12-29-19)22(28)25-10-8-24(9-11-25)17(3)21(27)23-18-6-7-18/h4-5,12-13,17-18H,6-11,14H2,1-3H3,(H,23,27). The lowest BCUT2D eigenvalue weighted by atomic mass is 10.1. The highest BCUT2D eigenvalue weighted by atomic mass is 16.3. The molecule has 0 radical (unpaired) electrons. The van der Waals surface area contributed by atoms with Crippen molar-refractivity contribution in [2.75, 3.05) is 26.2 Å². The van der Waals surface area contributed by atoms with Gasteiger partial charge in [0.05, 0.1) is 24.4 Å². The minimum absolute atomic E-state index is 0.0681. The minimum Gasteiger partial charge on any atom is -0.467 e. The highest BCUT2D eigenvalue weighted by molar-refractivity contribution is 5.95. The highest BCUT2D eigenvalue weighted by Gasteiger charge is 2.31. The SMILES string of the molecule is Cc1cc(C(=O)N2CCN(C(C)C(=O)NC3CC3)CC2)c(C)n1Cc1ccco1. The number of nitrogens with one attached hydrogen (secondary N) is 1. The van der Waals surface area contributed by atoms with E-state index in [1.165, 1.54) is 0 Å². The zero-order chi connectivity index (χ0) is 20.5. The predicted molar refractivity (Wildman–Crippen MR) is 110 cm³/mol. The Morgan fingerprint density at radius 3 is 2.55 bits per heavy atom. The molecule has 1 atom stereocenters. The van der Waals surface area contributed by atoms with Gasteiger partial charge in [-0.2, -0.15) is 0 Å². The van der Waals surface area contributed by atoms with Crippen LogP contribution in [0.2, 0.25) is 0 Å². The molecule has 1 aliphatic carbocycles. The fourth-order valence-electron chi connectivity index (χ4n) is 4.02. The number of amides is 2. The molecule has 2 fully saturated rings. The van der Waals surface area contributed by atoms with Crippen LogP contribution in [0.1, 0.15) is 47.3 Å². The quantitative estimate of drug-likeness (QED) is 0.810. The van der Waals surface area contributed by atoms with Gasteiger partial charge in [0.25, 0.3) is 5.91 Å². The molecule has 29 heavy (non-hydrogen) atoms. The lowest BCUT2D eigenvalue weighted by molar-refractivity contribution is -0.126. The lowest BCUT2D eigenvalue weighted by Gasteiger charge is -2.37. The Morgan fingerprint density at radius 1 is 1.21 bits per heavy atom. The molecule has 2 aromatic rings. The summed E-state index contributed by atoms with van der Waals surface area (Å²) in [5.41, 5.74) is 2.76. The van der Waals surface area contributed by atoms with Crippen LogP contribution in [0.4, 0.5) is 0 Å². The van der Waals surface area contributed by atoms with E-state index in [1.807, 2.05) is 43.9 Å². The van der Waals surface area contributed by atoms with Gasteiger partial charge in [0.2, 0.25) is 5.91 Å². The number of carbonyl (C=O) groups is 2. The van der Waals surface area contributed by atoms with Gasteiger partial charge in [0, 0.05) is 43.6 Å². The summed E-state index contributed by atoms with van der Waals surface area (Å²) in [5.74, 6) is 1.05. The number of aryl methyl sites for hydroxylation is 1. The lowest BCUT2D eigenvalue weighted by Crippen LogP contribution is -2.55. The van der Waals surface area contributed by atoms with Gasteiger partial charge in [-0.3, -0.25) is 14.5 Å². The molecule has 2 aliphatic rings. The van der Waals surface area contributed by atoms with E-state index < -0.39 is 0 Å². The first-order valence-corrected chi connectivity index (χ1v) is 10.5. The third-order valence-electron chi connectivity index (χ3n) is 6.15. The average molecular weight is 399 g/mol. The molecule has 4 rings (SSSR count). The molecule has 1 saturated carbocycles. The van der Waals surface area contributed by atoms with Crippen LogP contribution >= 0.6 is 0 Å². The number of hydrogen-bond donors (Lipinski definition) is 1. The number of aromatic nitrogens is 1. The third kappa shape index (κ3) is 4.24. The molecular weight excluding hydrogens is 368 g/mol. The molecule has 2 aromatic heterocycles. The molecule has 1 N–H and O–H groups in total. The molecule has 7 heteroatoms. The highest BCUT2D eigenvalue weighted by Crippen LogP contribution is 2.21. The zero-order valence-electron chi connectivity index (χ0n) is 17.5. The summed E-state index contributed by atoms with van der Waals surface area (Å²) in [4.78, 5) is 29.5. The van der Waals surface area contributed by atoms with E-state index in [0.29, 0.717) is 25.7 Å². The number of furan rings is 1. The number of rotatable bonds is 6. The first-order chi connectivity index (χ1) is 13.9. The van der Waals surface area contributed by atoms with Gasteiger partial charge in [-0.1, -0.05) is 0 Å². The van der Waals surface area contributed by atoms with E-state index in [2.05, 4.69) is 14.8 Å². The Bertz CT molecular complexity index is 874. The molecule has 2 amide bonds. The van der Waals surface area contributed by atoms with Gasteiger partial charge in [-0.25, -0.2) is 0 Å². The second-order valence-electron chi connectivity index (χ2n) is 8.24. The van der Waals surface area contributed by atoms with Crippen molar-refractivity contribution in [2.45, 2.75) is 52.2 Å². The van der Waals surface area contributed by atoms with E-state index in [0.717, 1.165) is 48.6 Å². The molecule has 3 heterocycles. The molecule has 7 nitrogen and oxygen atoms in total. The summed E-state index contributed by atoms with van der Waals surface area (Å²) in [7, 11) is 0. The molecule has 0 bridgehead atoms. The summed E-state index contributed by atoms with van der Waals surface area (Å²) >= 11 is 0. The second-order valence-corrected chi connectivity index (χ2v) is 8.24. The van der Waals surface area contributed by atoms with Crippen LogP contribution in [0, 0.1) is 13.8 Å². The maximum atomic E-state index is 13.1. The third-order valence-corrected chi connectivity index (χ3v) is 6.15. The molecule has 156 valence electrons. The topological polar surface area (TPSA) is 70.7 Å². The van der Waals surface area contributed by atoms with Crippen LogP contribution in [-0.2, 0) is 11.3 Å². The van der Waals surface area contributed by atoms with Crippen LogP contribution in [-0.4, -0.2) is 64.4 Å². The van der Waals surface area contributed by atoms with Crippen LogP contribution < -0.4 is 5.32 Å². The first kappa shape index (κ1) is 19.8. The summed E-state index contributed by atoms with van der Waals surface area (Å²) in [6.07, 6.45) is 3.86. The van der Waals surface area contributed by atoms with Crippen LogP contribution in [0.3, 0.4) is 0 Å². The maximum Gasteiger partial charge on any atom is 0.255 e. The number of carbonyl (C=O) groups excluding carboxylic acids is 2. The predicted octanol–water partition coefficient (Wildman–Crippen LogP) is 2.17. The summed E-state index contributed by atoms with van der Waals surface area (Å²) in [6.45, 7) is 9.31. The number of piperazine rings is 1.